The summed E-state index contributed by atoms with van der Waals surface area (Å²) in [5.41, 5.74) is -0.328. The van der Waals surface area contributed by atoms with E-state index in [1.54, 1.807) is 0 Å². The largest absolute Gasteiger partial charge is 0.390 e. The lowest BCUT2D eigenvalue weighted by Crippen LogP contribution is -2.64. The molecular formula is C23H35FO3. The summed E-state index contributed by atoms with van der Waals surface area (Å²) in [5.74, 6) is 0.815. The van der Waals surface area contributed by atoms with Crippen molar-refractivity contribution in [2.45, 2.75) is 77.7 Å². The van der Waals surface area contributed by atoms with E-state index >= 15 is 0 Å². The standard InChI is InChI=1S/C23H35FO3/c1-5-12(2)13-6-7-14-19-15(8-9-22(13,14)3)23(4)11-17(24)18(25)10-16(23)20(26)21(19)27/h5,12-19,21,25,27H,1,6-11H2,2-4H3/t12-,13-,14+,15+,16-,17+,18+,19+,21+,22-,23-/m1/s1. The number of fused-ring (bicyclic) bond motifs is 5. The number of hydrogen-bond acceptors (Lipinski definition) is 3. The van der Waals surface area contributed by atoms with E-state index in [1.165, 1.54) is 0 Å². The third-order valence-corrected chi connectivity index (χ3v) is 9.58. The summed E-state index contributed by atoms with van der Waals surface area (Å²) in [4.78, 5) is 13.1. The first-order valence-corrected chi connectivity index (χ1v) is 10.8. The normalized spacial score (nSPS) is 56.0. The third kappa shape index (κ3) is 2.55. The van der Waals surface area contributed by atoms with Crippen LogP contribution in [0, 0.1) is 46.3 Å². The van der Waals surface area contributed by atoms with E-state index < -0.39 is 29.7 Å². The first-order chi connectivity index (χ1) is 12.6. The Bertz CT molecular complexity index is 635. The maximum absolute atomic E-state index is 14.5. The number of carbonyl (C=O) groups excluding carboxylic acids is 1. The molecule has 0 bridgehead atoms. The van der Waals surface area contributed by atoms with E-state index in [2.05, 4.69) is 27.4 Å². The van der Waals surface area contributed by atoms with Crippen molar-refractivity contribution < 1.29 is 19.4 Å². The molecule has 3 nitrogen and oxygen atoms in total. The van der Waals surface area contributed by atoms with Crippen LogP contribution in [-0.2, 0) is 4.79 Å². The molecule has 4 rings (SSSR count). The minimum Gasteiger partial charge on any atom is -0.390 e. The molecule has 4 aliphatic rings. The van der Waals surface area contributed by atoms with Crippen LogP contribution in [0.4, 0.5) is 4.39 Å². The lowest BCUT2D eigenvalue weighted by atomic mass is 9.43. The molecule has 152 valence electrons. The van der Waals surface area contributed by atoms with E-state index in [4.69, 9.17) is 0 Å². The second-order valence-electron chi connectivity index (χ2n) is 10.5. The fourth-order valence-electron chi connectivity index (χ4n) is 8.08. The predicted octanol–water partition coefficient (Wildman–Crippen LogP) is 3.93. The number of carbonyl (C=O) groups is 1. The van der Waals surface area contributed by atoms with Gasteiger partial charge in [0.05, 0.1) is 6.10 Å². The fourth-order valence-corrected chi connectivity index (χ4v) is 8.08. The Morgan fingerprint density at radius 2 is 1.85 bits per heavy atom. The highest BCUT2D eigenvalue weighted by Crippen LogP contribution is 2.67. The molecule has 2 N–H and O–H groups in total. The number of rotatable bonds is 2. The lowest BCUT2D eigenvalue weighted by Gasteiger charge is -2.61. The molecule has 4 aliphatic carbocycles. The first-order valence-electron chi connectivity index (χ1n) is 10.8. The van der Waals surface area contributed by atoms with Gasteiger partial charge < -0.3 is 10.2 Å². The number of ketones is 1. The molecule has 27 heavy (non-hydrogen) atoms. The van der Waals surface area contributed by atoms with Gasteiger partial charge in [0.1, 0.15) is 12.3 Å². The van der Waals surface area contributed by atoms with E-state index in [-0.39, 0.29) is 35.9 Å². The number of aliphatic hydroxyl groups excluding tert-OH is 2. The molecule has 0 aromatic carbocycles. The first kappa shape index (κ1) is 19.6. The summed E-state index contributed by atoms with van der Waals surface area (Å²) in [7, 11) is 0. The minimum absolute atomic E-state index is 0.0676. The molecule has 0 spiro atoms. The van der Waals surface area contributed by atoms with Gasteiger partial charge in [-0.1, -0.05) is 26.8 Å². The van der Waals surface area contributed by atoms with Crippen LogP contribution in [0.3, 0.4) is 0 Å². The van der Waals surface area contributed by atoms with Gasteiger partial charge in [-0.15, -0.1) is 6.58 Å². The highest BCUT2D eigenvalue weighted by molar-refractivity contribution is 5.87. The number of hydrogen-bond donors (Lipinski definition) is 2. The van der Waals surface area contributed by atoms with Crippen molar-refractivity contribution in [3.63, 3.8) is 0 Å². The van der Waals surface area contributed by atoms with Gasteiger partial charge in [0, 0.05) is 5.92 Å². The summed E-state index contributed by atoms with van der Waals surface area (Å²) in [6, 6.07) is 0. The summed E-state index contributed by atoms with van der Waals surface area (Å²) < 4.78 is 14.5. The van der Waals surface area contributed by atoms with Crippen molar-refractivity contribution in [1.29, 1.82) is 0 Å². The van der Waals surface area contributed by atoms with Crippen LogP contribution in [-0.4, -0.2) is 34.4 Å². The Hall–Kier alpha value is -0.740. The maximum atomic E-state index is 14.5. The van der Waals surface area contributed by atoms with Crippen molar-refractivity contribution in [2.24, 2.45) is 46.3 Å². The minimum atomic E-state index is -1.26. The van der Waals surface area contributed by atoms with Crippen LogP contribution in [0.15, 0.2) is 12.7 Å². The molecule has 0 aromatic heterocycles. The van der Waals surface area contributed by atoms with Crippen LogP contribution >= 0.6 is 0 Å². The molecule has 0 aliphatic heterocycles. The Morgan fingerprint density at radius 1 is 1.19 bits per heavy atom. The zero-order valence-corrected chi connectivity index (χ0v) is 16.9. The van der Waals surface area contributed by atoms with E-state index in [0.29, 0.717) is 17.8 Å². The molecule has 11 atom stereocenters. The summed E-state index contributed by atoms with van der Waals surface area (Å²) in [6.07, 6.45) is 3.32. The van der Waals surface area contributed by atoms with Gasteiger partial charge >= 0.3 is 0 Å². The summed E-state index contributed by atoms with van der Waals surface area (Å²) in [5, 5.41) is 21.1. The predicted molar refractivity (Wildman–Crippen MR) is 103 cm³/mol. The molecule has 0 aromatic rings. The Kier molecular flexibility index (Phi) is 4.63. The summed E-state index contributed by atoms with van der Waals surface area (Å²) in [6.45, 7) is 10.6. The number of aliphatic hydroxyl groups is 2. The van der Waals surface area contributed by atoms with Gasteiger partial charge in [0.25, 0.3) is 0 Å². The van der Waals surface area contributed by atoms with Crippen LogP contribution in [0.2, 0.25) is 0 Å². The molecule has 4 heteroatoms. The molecule has 0 heterocycles. The molecule has 0 saturated heterocycles. The molecular weight excluding hydrogens is 343 g/mol. The number of allylic oxidation sites excluding steroid dienone is 1. The molecule has 4 fully saturated rings. The van der Waals surface area contributed by atoms with Gasteiger partial charge in [-0.05, 0) is 78.9 Å². The van der Waals surface area contributed by atoms with Gasteiger partial charge in [-0.25, -0.2) is 4.39 Å². The lowest BCUT2D eigenvalue weighted by molar-refractivity contribution is -0.190. The fraction of sp³-hybridized carbons (Fsp3) is 0.870. The molecule has 0 amide bonds. The van der Waals surface area contributed by atoms with Crippen LogP contribution in [0.1, 0.15) is 59.3 Å². The zero-order chi connectivity index (χ0) is 19.7. The van der Waals surface area contributed by atoms with E-state index in [0.717, 1.165) is 25.7 Å². The maximum Gasteiger partial charge on any atom is 0.165 e. The monoisotopic (exact) mass is 378 g/mol. The number of alkyl halides is 1. The quantitative estimate of drug-likeness (QED) is 0.716. The molecule has 0 radical (unpaired) electrons. The van der Waals surface area contributed by atoms with Crippen molar-refractivity contribution in [3.05, 3.63) is 12.7 Å². The zero-order valence-electron chi connectivity index (χ0n) is 16.9. The van der Waals surface area contributed by atoms with Crippen molar-refractivity contribution in [1.82, 2.24) is 0 Å². The number of Topliss-reactive ketones (excluding diaryl/α,β-unsaturated/α-hetero) is 1. The van der Waals surface area contributed by atoms with Crippen LogP contribution in [0.25, 0.3) is 0 Å². The highest BCUT2D eigenvalue weighted by Gasteiger charge is 2.66. The van der Waals surface area contributed by atoms with Crippen molar-refractivity contribution in [3.8, 4) is 0 Å². The van der Waals surface area contributed by atoms with E-state index in [9.17, 15) is 19.4 Å². The van der Waals surface area contributed by atoms with Crippen molar-refractivity contribution >= 4 is 5.78 Å². The molecule has 0 unspecified atom stereocenters. The second kappa shape index (κ2) is 6.38. The van der Waals surface area contributed by atoms with Crippen LogP contribution < -0.4 is 0 Å². The second-order valence-corrected chi connectivity index (χ2v) is 10.5. The van der Waals surface area contributed by atoms with Crippen molar-refractivity contribution in [2.75, 3.05) is 0 Å². The Labute approximate surface area is 162 Å². The average Bonchev–Trinajstić information content (AvgIpc) is 2.98. The Morgan fingerprint density at radius 3 is 2.52 bits per heavy atom. The van der Waals surface area contributed by atoms with Gasteiger partial charge in [-0.3, -0.25) is 4.79 Å². The van der Waals surface area contributed by atoms with Gasteiger partial charge in [0.2, 0.25) is 0 Å². The SMILES string of the molecule is C=C[C@@H](C)[C@H]1CC[C@H]2[C@@H]3[C@H](O)C(=O)[C@H]4C[C@H](O)[C@@H](F)C[C@]4(C)[C@H]3CC[C@]12C. The highest BCUT2D eigenvalue weighted by atomic mass is 19.1. The summed E-state index contributed by atoms with van der Waals surface area (Å²) >= 11 is 0. The smallest absolute Gasteiger partial charge is 0.165 e. The topological polar surface area (TPSA) is 57.5 Å². The number of halogens is 1. The Balaban J connectivity index is 1.71. The van der Waals surface area contributed by atoms with Gasteiger partial charge in [0.15, 0.2) is 5.78 Å². The van der Waals surface area contributed by atoms with Crippen LogP contribution in [0.5, 0.6) is 0 Å². The van der Waals surface area contributed by atoms with E-state index in [1.807, 2.05) is 6.08 Å². The third-order valence-electron chi connectivity index (χ3n) is 9.58. The molecule has 4 saturated carbocycles. The average molecular weight is 379 g/mol. The van der Waals surface area contributed by atoms with Gasteiger partial charge in [-0.2, -0.15) is 0 Å².